The smallest absolute Gasteiger partial charge is 0.416 e. The molecule has 0 amide bonds. The van der Waals surface area contributed by atoms with Gasteiger partial charge in [-0.1, -0.05) is 18.2 Å². The summed E-state index contributed by atoms with van der Waals surface area (Å²) >= 11 is 0. The molecule has 0 aliphatic heterocycles. The fourth-order valence-electron chi connectivity index (χ4n) is 4.20. The predicted octanol–water partition coefficient (Wildman–Crippen LogP) is 2.51. The fourth-order valence-corrected chi connectivity index (χ4v) is 4.20. The topological polar surface area (TPSA) is 121 Å². The van der Waals surface area contributed by atoms with Gasteiger partial charge in [0.25, 0.3) is 0 Å². The summed E-state index contributed by atoms with van der Waals surface area (Å²) in [6.07, 6.45) is -4.80. The highest BCUT2D eigenvalue weighted by atomic mass is 19.4. The molecule has 1 aromatic carbocycles. The number of hydrogen-bond acceptors (Lipinski definition) is 9. The SMILES string of the molecule is CCOC(=O)C1(C#N)C(c2cccc(C(F)(F)F)c2)C(C(=O)OC)=C(C(=O)OC)C1(OC)OC. The van der Waals surface area contributed by atoms with Gasteiger partial charge in [0, 0.05) is 14.2 Å². The van der Waals surface area contributed by atoms with Gasteiger partial charge >= 0.3 is 24.1 Å². The van der Waals surface area contributed by atoms with Gasteiger partial charge in [-0.3, -0.25) is 4.79 Å². The molecule has 0 spiro atoms. The highest BCUT2D eigenvalue weighted by Crippen LogP contribution is 2.61. The van der Waals surface area contributed by atoms with Crippen LogP contribution >= 0.6 is 0 Å². The van der Waals surface area contributed by atoms with Crippen LogP contribution in [0.15, 0.2) is 35.4 Å². The lowest BCUT2D eigenvalue weighted by atomic mass is 9.69. The number of esters is 3. The summed E-state index contributed by atoms with van der Waals surface area (Å²) in [6.45, 7) is 1.18. The Morgan fingerprint density at radius 1 is 1.06 bits per heavy atom. The molecule has 9 nitrogen and oxygen atoms in total. The van der Waals surface area contributed by atoms with Crippen molar-refractivity contribution < 1.29 is 51.2 Å². The second-order valence-corrected chi connectivity index (χ2v) is 6.99. The summed E-state index contributed by atoms with van der Waals surface area (Å²) < 4.78 is 65.9. The van der Waals surface area contributed by atoms with E-state index in [2.05, 4.69) is 0 Å². The third kappa shape index (κ3) is 3.80. The first-order valence-electron chi connectivity index (χ1n) is 9.74. The lowest BCUT2D eigenvalue weighted by Crippen LogP contribution is -2.57. The molecule has 12 heteroatoms. The zero-order chi connectivity index (χ0) is 25.9. The summed E-state index contributed by atoms with van der Waals surface area (Å²) in [5.41, 5.74) is -5.50. The van der Waals surface area contributed by atoms with Gasteiger partial charge in [-0.2, -0.15) is 18.4 Å². The Balaban J connectivity index is 3.15. The van der Waals surface area contributed by atoms with E-state index in [1.807, 2.05) is 0 Å². The lowest BCUT2D eigenvalue weighted by Gasteiger charge is -2.40. The Morgan fingerprint density at radius 3 is 2.09 bits per heavy atom. The zero-order valence-electron chi connectivity index (χ0n) is 18.9. The van der Waals surface area contributed by atoms with E-state index in [1.54, 1.807) is 6.07 Å². The van der Waals surface area contributed by atoms with E-state index in [1.165, 1.54) is 6.92 Å². The van der Waals surface area contributed by atoms with Crippen molar-refractivity contribution in [2.45, 2.75) is 24.8 Å². The van der Waals surface area contributed by atoms with Crippen LogP contribution in [0.5, 0.6) is 0 Å². The highest BCUT2D eigenvalue weighted by Gasteiger charge is 2.75. The third-order valence-electron chi connectivity index (χ3n) is 5.53. The van der Waals surface area contributed by atoms with Crippen molar-refractivity contribution in [2.24, 2.45) is 5.41 Å². The van der Waals surface area contributed by atoms with E-state index < -0.39 is 57.9 Å². The minimum Gasteiger partial charge on any atom is -0.466 e. The second kappa shape index (κ2) is 9.82. The number of carbonyl (C=O) groups is 3. The van der Waals surface area contributed by atoms with Gasteiger partial charge in [0.15, 0.2) is 0 Å². The molecule has 0 N–H and O–H groups in total. The van der Waals surface area contributed by atoms with Gasteiger partial charge in [0.2, 0.25) is 11.2 Å². The molecule has 2 rings (SSSR count). The number of alkyl halides is 3. The summed E-state index contributed by atoms with van der Waals surface area (Å²) in [7, 11) is 3.88. The first-order chi connectivity index (χ1) is 16.0. The van der Waals surface area contributed by atoms with Crippen LogP contribution < -0.4 is 0 Å². The number of ether oxygens (including phenoxy) is 5. The van der Waals surface area contributed by atoms with Crippen molar-refractivity contribution in [3.63, 3.8) is 0 Å². The first-order valence-corrected chi connectivity index (χ1v) is 9.74. The van der Waals surface area contributed by atoms with Gasteiger partial charge in [-0.25, -0.2) is 9.59 Å². The molecule has 184 valence electrons. The second-order valence-electron chi connectivity index (χ2n) is 6.99. The van der Waals surface area contributed by atoms with Gasteiger partial charge in [-0.05, 0) is 18.6 Å². The molecule has 2 unspecified atom stereocenters. The average Bonchev–Trinajstić information content (AvgIpc) is 3.10. The first kappa shape index (κ1) is 26.8. The van der Waals surface area contributed by atoms with Crippen molar-refractivity contribution in [1.29, 1.82) is 5.26 Å². The molecular formula is C22H22F3NO8. The number of nitriles is 1. The van der Waals surface area contributed by atoms with Gasteiger partial charge in [0.05, 0.1) is 44.0 Å². The maximum absolute atomic E-state index is 13.5. The lowest BCUT2D eigenvalue weighted by molar-refractivity contribution is -0.238. The van der Waals surface area contributed by atoms with E-state index in [4.69, 9.17) is 23.7 Å². The summed E-state index contributed by atoms with van der Waals surface area (Å²) in [4.78, 5) is 39.2. The van der Waals surface area contributed by atoms with Crippen molar-refractivity contribution in [2.75, 3.05) is 35.0 Å². The van der Waals surface area contributed by atoms with Gasteiger partial charge < -0.3 is 23.7 Å². The molecule has 1 aromatic rings. The molecule has 0 aromatic heterocycles. The average molecular weight is 485 g/mol. The van der Waals surface area contributed by atoms with Crippen LogP contribution in [0.2, 0.25) is 0 Å². The standard InChI is InChI=1S/C22H22F3NO8/c1-6-34-19(29)20(11-26)15(12-8-7-9-13(10-12)22(23,24)25)14(17(27)30-2)16(18(28)31-3)21(20,32-4)33-5/h7-10,15H,6H2,1-5H3. The number of methoxy groups -OCH3 is 4. The van der Waals surface area contributed by atoms with Crippen molar-refractivity contribution in [1.82, 2.24) is 0 Å². The monoisotopic (exact) mass is 485 g/mol. The normalized spacial score (nSPS) is 21.6. The van der Waals surface area contributed by atoms with Gasteiger partial charge in [0.1, 0.15) is 5.57 Å². The van der Waals surface area contributed by atoms with E-state index in [9.17, 15) is 32.8 Å². The Hall–Kier alpha value is -3.43. The Labute approximate surface area is 193 Å². The largest absolute Gasteiger partial charge is 0.466 e. The van der Waals surface area contributed by atoms with Crippen LogP contribution in [0.4, 0.5) is 13.2 Å². The predicted molar refractivity (Wildman–Crippen MR) is 107 cm³/mol. The quantitative estimate of drug-likeness (QED) is 0.326. The number of benzene rings is 1. The Bertz CT molecular complexity index is 1050. The molecule has 0 saturated carbocycles. The van der Waals surface area contributed by atoms with Crippen LogP contribution in [-0.4, -0.2) is 58.7 Å². The molecule has 1 aliphatic rings. The number of hydrogen-bond donors (Lipinski definition) is 0. The molecule has 0 heterocycles. The van der Waals surface area contributed by atoms with Crippen LogP contribution in [0.3, 0.4) is 0 Å². The van der Waals surface area contributed by atoms with Crippen molar-refractivity contribution in [3.8, 4) is 6.07 Å². The molecule has 0 saturated heterocycles. The van der Waals surface area contributed by atoms with Crippen LogP contribution in [0, 0.1) is 16.7 Å². The molecule has 0 radical (unpaired) electrons. The molecular weight excluding hydrogens is 463 g/mol. The summed E-state index contributed by atoms with van der Waals surface area (Å²) in [5.74, 6) is -8.20. The Kier molecular flexibility index (Phi) is 7.75. The Morgan fingerprint density at radius 2 is 1.65 bits per heavy atom. The molecule has 2 atom stereocenters. The number of rotatable bonds is 7. The minimum absolute atomic E-state index is 0.248. The summed E-state index contributed by atoms with van der Waals surface area (Å²) in [6, 6.07) is 5.31. The maximum Gasteiger partial charge on any atom is 0.416 e. The van der Waals surface area contributed by atoms with Crippen molar-refractivity contribution in [3.05, 3.63) is 46.5 Å². The molecule has 1 aliphatic carbocycles. The van der Waals surface area contributed by atoms with E-state index in [0.717, 1.165) is 46.6 Å². The number of nitrogens with zero attached hydrogens (tertiary/aromatic N) is 1. The van der Waals surface area contributed by atoms with E-state index in [0.29, 0.717) is 6.07 Å². The fraction of sp³-hybridized carbons (Fsp3) is 0.455. The van der Waals surface area contributed by atoms with E-state index in [-0.39, 0.29) is 12.2 Å². The van der Waals surface area contributed by atoms with Gasteiger partial charge in [-0.15, -0.1) is 0 Å². The van der Waals surface area contributed by atoms with Crippen molar-refractivity contribution >= 4 is 17.9 Å². The van der Waals surface area contributed by atoms with Crippen LogP contribution in [-0.2, 0) is 44.2 Å². The zero-order valence-corrected chi connectivity index (χ0v) is 18.9. The maximum atomic E-state index is 13.5. The van der Waals surface area contributed by atoms with Crippen LogP contribution in [0.25, 0.3) is 0 Å². The minimum atomic E-state index is -4.80. The number of carbonyl (C=O) groups excluding carboxylic acids is 3. The molecule has 0 bridgehead atoms. The highest BCUT2D eigenvalue weighted by molar-refractivity contribution is 6.08. The van der Waals surface area contributed by atoms with E-state index >= 15 is 0 Å². The summed E-state index contributed by atoms with van der Waals surface area (Å²) in [5, 5.41) is 10.4. The number of halogens is 3. The molecule has 0 fully saturated rings. The van der Waals surface area contributed by atoms with Crippen LogP contribution in [0.1, 0.15) is 24.0 Å². The third-order valence-corrected chi connectivity index (χ3v) is 5.53. The molecule has 34 heavy (non-hydrogen) atoms.